The normalized spacial score (nSPS) is 10.6. The molecule has 0 N–H and O–H groups in total. The molecule has 1 aromatic carbocycles. The lowest BCUT2D eigenvalue weighted by atomic mass is 10.1. The Labute approximate surface area is 162 Å². The smallest absolute Gasteiger partial charge is 0.226 e. The lowest BCUT2D eigenvalue weighted by Crippen LogP contribution is -2.30. The van der Waals surface area contributed by atoms with Crippen LogP contribution >= 0.6 is 0 Å². The van der Waals surface area contributed by atoms with Crippen LogP contribution in [0.2, 0.25) is 0 Å². The second kappa shape index (κ2) is 9.55. The van der Waals surface area contributed by atoms with E-state index in [1.54, 1.807) is 47.6 Å². The van der Waals surface area contributed by atoms with Crippen LogP contribution in [0.25, 0.3) is 11.4 Å². The van der Waals surface area contributed by atoms with Crippen LogP contribution in [0.5, 0.6) is 0 Å². The van der Waals surface area contributed by atoms with E-state index in [0.717, 1.165) is 11.1 Å². The van der Waals surface area contributed by atoms with Gasteiger partial charge in [0.15, 0.2) is 0 Å². The Morgan fingerprint density at radius 3 is 2.64 bits per heavy atom. The summed E-state index contributed by atoms with van der Waals surface area (Å²) in [6.07, 6.45) is 6.47. The van der Waals surface area contributed by atoms with E-state index in [9.17, 15) is 9.18 Å². The number of carbonyl (C=O) groups excluding carboxylic acids is 1. The fourth-order valence-corrected chi connectivity index (χ4v) is 2.74. The Morgan fingerprint density at radius 1 is 1.18 bits per heavy atom. The number of pyridine rings is 1. The lowest BCUT2D eigenvalue weighted by Gasteiger charge is -2.21. The SMILES string of the molecule is C=CCN(Cc1ccc(F)cc1)C(=O)CCCc1nc(-c2ccncc2)no1. The maximum Gasteiger partial charge on any atom is 0.226 e. The van der Waals surface area contributed by atoms with Gasteiger partial charge in [-0.2, -0.15) is 4.98 Å². The van der Waals surface area contributed by atoms with Gasteiger partial charge in [0.25, 0.3) is 0 Å². The monoisotopic (exact) mass is 380 g/mol. The van der Waals surface area contributed by atoms with Crippen molar-refractivity contribution in [1.29, 1.82) is 0 Å². The topological polar surface area (TPSA) is 72.1 Å². The molecule has 0 aliphatic carbocycles. The molecule has 0 spiro atoms. The predicted molar refractivity (Wildman–Crippen MR) is 102 cm³/mol. The van der Waals surface area contributed by atoms with Gasteiger partial charge in [-0.3, -0.25) is 9.78 Å². The number of nitrogens with zero attached hydrogens (tertiary/aromatic N) is 4. The van der Waals surface area contributed by atoms with Crippen molar-refractivity contribution >= 4 is 5.91 Å². The number of amides is 1. The molecule has 0 radical (unpaired) electrons. The number of aromatic nitrogens is 3. The van der Waals surface area contributed by atoms with Gasteiger partial charge in [-0.25, -0.2) is 4.39 Å². The first-order valence-electron chi connectivity index (χ1n) is 9.02. The Morgan fingerprint density at radius 2 is 1.93 bits per heavy atom. The van der Waals surface area contributed by atoms with Gasteiger partial charge in [-0.15, -0.1) is 6.58 Å². The van der Waals surface area contributed by atoms with Crippen molar-refractivity contribution in [3.05, 3.63) is 78.7 Å². The number of halogens is 1. The van der Waals surface area contributed by atoms with E-state index in [1.807, 2.05) is 0 Å². The molecule has 28 heavy (non-hydrogen) atoms. The van der Waals surface area contributed by atoms with Gasteiger partial charge in [0, 0.05) is 43.9 Å². The molecule has 1 amide bonds. The van der Waals surface area contributed by atoms with Crippen molar-refractivity contribution in [2.24, 2.45) is 0 Å². The molecule has 0 aliphatic heterocycles. The van der Waals surface area contributed by atoms with Gasteiger partial charge in [0.2, 0.25) is 17.6 Å². The van der Waals surface area contributed by atoms with Crippen LogP contribution in [0.1, 0.15) is 24.3 Å². The molecular weight excluding hydrogens is 359 g/mol. The summed E-state index contributed by atoms with van der Waals surface area (Å²) in [5, 5.41) is 3.96. The summed E-state index contributed by atoms with van der Waals surface area (Å²) < 4.78 is 18.3. The molecular formula is C21H21FN4O2. The van der Waals surface area contributed by atoms with E-state index in [1.165, 1.54) is 12.1 Å². The highest BCUT2D eigenvalue weighted by Gasteiger charge is 2.14. The fourth-order valence-electron chi connectivity index (χ4n) is 2.74. The van der Waals surface area contributed by atoms with Crippen LogP contribution < -0.4 is 0 Å². The van der Waals surface area contributed by atoms with Crippen molar-refractivity contribution in [3.8, 4) is 11.4 Å². The van der Waals surface area contributed by atoms with Gasteiger partial charge in [-0.05, 0) is 36.2 Å². The van der Waals surface area contributed by atoms with Crippen LogP contribution in [0, 0.1) is 5.82 Å². The van der Waals surface area contributed by atoms with Gasteiger partial charge in [0.1, 0.15) is 5.82 Å². The molecule has 3 rings (SSSR count). The summed E-state index contributed by atoms with van der Waals surface area (Å²) in [7, 11) is 0. The average Bonchev–Trinajstić information content (AvgIpc) is 3.19. The second-order valence-electron chi connectivity index (χ2n) is 6.29. The van der Waals surface area contributed by atoms with Gasteiger partial charge in [0.05, 0.1) is 0 Å². The predicted octanol–water partition coefficient (Wildman–Crippen LogP) is 3.81. The molecule has 3 aromatic rings. The number of carbonyl (C=O) groups is 1. The Bertz CT molecular complexity index is 910. The molecule has 6 nitrogen and oxygen atoms in total. The standard InChI is InChI=1S/C21H21FN4O2/c1-2-14-26(15-16-6-8-18(22)9-7-16)20(27)5-3-4-19-24-21(25-28-19)17-10-12-23-13-11-17/h2,6-13H,1,3-5,14-15H2. The van der Waals surface area contributed by atoms with Crippen LogP contribution in [0.15, 0.2) is 66.0 Å². The number of hydrogen-bond donors (Lipinski definition) is 0. The molecule has 2 heterocycles. The third kappa shape index (κ3) is 5.33. The third-order valence-corrected chi connectivity index (χ3v) is 4.18. The van der Waals surface area contributed by atoms with Crippen molar-refractivity contribution in [2.75, 3.05) is 6.54 Å². The first kappa shape index (κ1) is 19.4. The Balaban J connectivity index is 1.52. The molecule has 0 atom stereocenters. The van der Waals surface area contributed by atoms with Crippen LogP contribution in [-0.4, -0.2) is 32.5 Å². The summed E-state index contributed by atoms with van der Waals surface area (Å²) in [6.45, 7) is 4.55. The van der Waals surface area contributed by atoms with E-state index >= 15 is 0 Å². The Kier molecular flexibility index (Phi) is 6.62. The van der Waals surface area contributed by atoms with Crippen molar-refractivity contribution < 1.29 is 13.7 Å². The van der Waals surface area contributed by atoms with E-state index in [4.69, 9.17) is 4.52 Å². The minimum Gasteiger partial charge on any atom is -0.339 e. The van der Waals surface area contributed by atoms with E-state index in [0.29, 0.717) is 44.1 Å². The summed E-state index contributed by atoms with van der Waals surface area (Å²) in [5.41, 5.74) is 1.70. The molecule has 0 saturated carbocycles. The average molecular weight is 380 g/mol. The molecule has 7 heteroatoms. The molecule has 0 unspecified atom stereocenters. The van der Waals surface area contributed by atoms with Gasteiger partial charge >= 0.3 is 0 Å². The van der Waals surface area contributed by atoms with Crippen molar-refractivity contribution in [3.63, 3.8) is 0 Å². The number of rotatable bonds is 9. The number of aryl methyl sites for hydroxylation is 1. The van der Waals surface area contributed by atoms with Crippen LogP contribution in [0.4, 0.5) is 4.39 Å². The molecule has 0 saturated heterocycles. The first-order valence-corrected chi connectivity index (χ1v) is 9.02. The van der Waals surface area contributed by atoms with E-state index in [2.05, 4.69) is 21.7 Å². The molecule has 0 bridgehead atoms. The fraction of sp³-hybridized carbons (Fsp3) is 0.238. The zero-order chi connectivity index (χ0) is 19.8. The molecule has 2 aromatic heterocycles. The van der Waals surface area contributed by atoms with Gasteiger partial charge in [-0.1, -0.05) is 23.4 Å². The second-order valence-corrected chi connectivity index (χ2v) is 6.29. The largest absolute Gasteiger partial charge is 0.339 e. The highest BCUT2D eigenvalue weighted by atomic mass is 19.1. The van der Waals surface area contributed by atoms with Crippen LogP contribution in [0.3, 0.4) is 0 Å². The summed E-state index contributed by atoms with van der Waals surface area (Å²) in [5.74, 6) is 0.705. The molecule has 0 fully saturated rings. The molecule has 0 aliphatic rings. The highest BCUT2D eigenvalue weighted by molar-refractivity contribution is 5.76. The number of benzene rings is 1. The minimum absolute atomic E-state index is 0.00176. The lowest BCUT2D eigenvalue weighted by molar-refractivity contribution is -0.131. The molecule has 144 valence electrons. The summed E-state index contributed by atoms with van der Waals surface area (Å²) in [6, 6.07) is 9.75. The highest BCUT2D eigenvalue weighted by Crippen LogP contribution is 2.15. The summed E-state index contributed by atoms with van der Waals surface area (Å²) >= 11 is 0. The van der Waals surface area contributed by atoms with Gasteiger partial charge < -0.3 is 9.42 Å². The van der Waals surface area contributed by atoms with Crippen molar-refractivity contribution in [1.82, 2.24) is 20.0 Å². The Hall–Kier alpha value is -3.35. The van der Waals surface area contributed by atoms with E-state index in [-0.39, 0.29) is 11.7 Å². The zero-order valence-corrected chi connectivity index (χ0v) is 15.4. The third-order valence-electron chi connectivity index (χ3n) is 4.18. The zero-order valence-electron chi connectivity index (χ0n) is 15.4. The maximum absolute atomic E-state index is 13.0. The first-order chi connectivity index (χ1) is 13.7. The quantitative estimate of drug-likeness (QED) is 0.528. The summed E-state index contributed by atoms with van der Waals surface area (Å²) in [4.78, 5) is 22.6. The van der Waals surface area contributed by atoms with E-state index < -0.39 is 0 Å². The van der Waals surface area contributed by atoms with Crippen molar-refractivity contribution in [2.45, 2.75) is 25.8 Å². The van der Waals surface area contributed by atoms with Crippen LogP contribution in [-0.2, 0) is 17.8 Å². The minimum atomic E-state index is -0.295. The number of hydrogen-bond acceptors (Lipinski definition) is 5. The maximum atomic E-state index is 13.0.